The van der Waals surface area contributed by atoms with Crippen LogP contribution in [0.25, 0.3) is 0 Å². The molecule has 0 amide bonds. The summed E-state index contributed by atoms with van der Waals surface area (Å²) in [4.78, 5) is 3.98. The van der Waals surface area contributed by atoms with Crippen molar-refractivity contribution in [1.29, 1.82) is 0 Å². The minimum absolute atomic E-state index is 0. The molecule has 0 spiro atoms. The van der Waals surface area contributed by atoms with Crippen molar-refractivity contribution in [3.8, 4) is 0 Å². The molecular weight excluding hydrogens is 198 g/mol. The van der Waals surface area contributed by atoms with Gasteiger partial charge in [0.15, 0.2) is 0 Å². The van der Waals surface area contributed by atoms with Crippen LogP contribution in [0.1, 0.15) is 24.4 Å². The second-order valence-corrected chi connectivity index (χ2v) is 2.95. The molecule has 0 saturated carbocycles. The molecule has 0 aliphatic heterocycles. The van der Waals surface area contributed by atoms with Gasteiger partial charge >= 0.3 is 0 Å². The van der Waals surface area contributed by atoms with Gasteiger partial charge in [0.1, 0.15) is 5.82 Å². The van der Waals surface area contributed by atoms with Crippen molar-refractivity contribution in [2.75, 3.05) is 5.73 Å². The van der Waals surface area contributed by atoms with Crippen LogP contribution < -0.4 is 11.5 Å². The molecule has 0 saturated heterocycles. The molecule has 0 bridgehead atoms. The van der Waals surface area contributed by atoms with E-state index in [4.69, 9.17) is 11.5 Å². The Morgan fingerprint density at radius 1 is 1.57 bits per heavy atom. The molecule has 14 heavy (non-hydrogen) atoms. The van der Waals surface area contributed by atoms with E-state index in [0.29, 0.717) is 5.82 Å². The standard InChI is InChI=1S/C10H15N3.ClH/c1-2-3-6-9(11)8-5-4-7-13-10(8)12;/h2,4-5,7,9H,1,3,6,11H2,(H2,12,13);1H/t9-;/m1./s1. The van der Waals surface area contributed by atoms with Gasteiger partial charge in [0.25, 0.3) is 0 Å². The number of allylic oxidation sites excluding steroid dienone is 1. The highest BCUT2D eigenvalue weighted by Gasteiger charge is 2.08. The zero-order chi connectivity index (χ0) is 9.68. The predicted octanol–water partition coefficient (Wildman–Crippen LogP) is 2.05. The summed E-state index contributed by atoms with van der Waals surface area (Å²) >= 11 is 0. The largest absolute Gasteiger partial charge is 0.383 e. The highest BCUT2D eigenvalue weighted by molar-refractivity contribution is 5.85. The van der Waals surface area contributed by atoms with E-state index in [2.05, 4.69) is 11.6 Å². The van der Waals surface area contributed by atoms with Gasteiger partial charge < -0.3 is 11.5 Å². The third-order valence-electron chi connectivity index (χ3n) is 1.95. The first-order valence-electron chi connectivity index (χ1n) is 4.32. The van der Waals surface area contributed by atoms with Crippen LogP contribution in [-0.4, -0.2) is 4.98 Å². The number of hydrogen-bond acceptors (Lipinski definition) is 3. The summed E-state index contributed by atoms with van der Waals surface area (Å²) in [5.41, 5.74) is 12.5. The number of pyridine rings is 1. The van der Waals surface area contributed by atoms with Gasteiger partial charge in [-0.2, -0.15) is 0 Å². The summed E-state index contributed by atoms with van der Waals surface area (Å²) in [5, 5.41) is 0. The van der Waals surface area contributed by atoms with Crippen molar-refractivity contribution in [3.05, 3.63) is 36.5 Å². The number of halogens is 1. The summed E-state index contributed by atoms with van der Waals surface area (Å²) in [6.45, 7) is 3.65. The molecule has 3 nitrogen and oxygen atoms in total. The lowest BCUT2D eigenvalue weighted by molar-refractivity contribution is 0.661. The average Bonchev–Trinajstić information content (AvgIpc) is 2.15. The van der Waals surface area contributed by atoms with Gasteiger partial charge in [0, 0.05) is 17.8 Å². The van der Waals surface area contributed by atoms with Crippen molar-refractivity contribution in [2.24, 2.45) is 5.73 Å². The summed E-state index contributed by atoms with van der Waals surface area (Å²) in [6, 6.07) is 3.72. The Bertz CT molecular complexity index is 288. The van der Waals surface area contributed by atoms with Crippen LogP contribution in [0, 0.1) is 0 Å². The summed E-state index contributed by atoms with van der Waals surface area (Å²) < 4.78 is 0. The fourth-order valence-corrected chi connectivity index (χ4v) is 1.20. The van der Waals surface area contributed by atoms with E-state index < -0.39 is 0 Å². The maximum atomic E-state index is 5.91. The normalized spacial score (nSPS) is 11.5. The van der Waals surface area contributed by atoms with Crippen LogP contribution in [0.4, 0.5) is 5.82 Å². The van der Waals surface area contributed by atoms with E-state index in [1.54, 1.807) is 6.20 Å². The van der Waals surface area contributed by atoms with Crippen LogP contribution in [0.5, 0.6) is 0 Å². The molecule has 0 aromatic carbocycles. The number of nitrogens with two attached hydrogens (primary N) is 2. The lowest BCUT2D eigenvalue weighted by atomic mass is 10.0. The number of hydrogen-bond donors (Lipinski definition) is 2. The second-order valence-electron chi connectivity index (χ2n) is 2.95. The molecule has 1 aromatic rings. The Labute approximate surface area is 90.6 Å². The van der Waals surface area contributed by atoms with E-state index in [1.165, 1.54) is 0 Å². The van der Waals surface area contributed by atoms with Gasteiger partial charge in [-0.05, 0) is 18.9 Å². The Morgan fingerprint density at radius 3 is 2.86 bits per heavy atom. The fourth-order valence-electron chi connectivity index (χ4n) is 1.20. The first kappa shape index (κ1) is 12.9. The van der Waals surface area contributed by atoms with Crippen LogP contribution in [0.15, 0.2) is 31.0 Å². The Morgan fingerprint density at radius 2 is 2.29 bits per heavy atom. The monoisotopic (exact) mass is 213 g/mol. The molecule has 1 atom stereocenters. The Balaban J connectivity index is 0.00000169. The zero-order valence-electron chi connectivity index (χ0n) is 8.02. The molecule has 0 aliphatic carbocycles. The van der Waals surface area contributed by atoms with Crippen LogP contribution in [-0.2, 0) is 0 Å². The van der Waals surface area contributed by atoms with E-state index in [-0.39, 0.29) is 18.4 Å². The van der Waals surface area contributed by atoms with Crippen molar-refractivity contribution >= 4 is 18.2 Å². The highest BCUT2D eigenvalue weighted by atomic mass is 35.5. The average molecular weight is 214 g/mol. The summed E-state index contributed by atoms with van der Waals surface area (Å²) in [5.74, 6) is 0.527. The Hall–Kier alpha value is -1.06. The fraction of sp³-hybridized carbons (Fsp3) is 0.300. The van der Waals surface area contributed by atoms with Crippen LogP contribution in [0.3, 0.4) is 0 Å². The number of aromatic nitrogens is 1. The molecule has 1 rings (SSSR count). The van der Waals surface area contributed by atoms with Crippen LogP contribution >= 0.6 is 12.4 Å². The SMILES string of the molecule is C=CCC[C@@H](N)c1cccnc1N.Cl. The number of rotatable bonds is 4. The molecule has 0 unspecified atom stereocenters. The molecule has 4 N–H and O–H groups in total. The number of nitrogen functional groups attached to an aromatic ring is 1. The summed E-state index contributed by atoms with van der Waals surface area (Å²) in [6.07, 6.45) is 5.28. The number of anilines is 1. The van der Waals surface area contributed by atoms with Gasteiger partial charge in [-0.15, -0.1) is 19.0 Å². The lowest BCUT2D eigenvalue weighted by Gasteiger charge is -2.11. The zero-order valence-corrected chi connectivity index (χ0v) is 8.83. The number of nitrogens with zero attached hydrogens (tertiary/aromatic N) is 1. The minimum atomic E-state index is -0.0355. The minimum Gasteiger partial charge on any atom is -0.383 e. The van der Waals surface area contributed by atoms with Gasteiger partial charge in [0.05, 0.1) is 0 Å². The predicted molar refractivity (Wildman–Crippen MR) is 62.3 cm³/mol. The topological polar surface area (TPSA) is 64.9 Å². The molecular formula is C10H16ClN3. The van der Waals surface area contributed by atoms with Gasteiger partial charge in [-0.3, -0.25) is 0 Å². The second kappa shape index (κ2) is 6.40. The van der Waals surface area contributed by atoms with E-state index in [9.17, 15) is 0 Å². The molecule has 1 aromatic heterocycles. The smallest absolute Gasteiger partial charge is 0.128 e. The molecule has 0 radical (unpaired) electrons. The van der Waals surface area contributed by atoms with Crippen molar-refractivity contribution in [2.45, 2.75) is 18.9 Å². The van der Waals surface area contributed by atoms with Gasteiger partial charge in [0.2, 0.25) is 0 Å². The molecule has 0 fully saturated rings. The maximum Gasteiger partial charge on any atom is 0.128 e. The molecule has 4 heteroatoms. The van der Waals surface area contributed by atoms with Gasteiger partial charge in [-0.1, -0.05) is 12.1 Å². The summed E-state index contributed by atoms with van der Waals surface area (Å²) in [7, 11) is 0. The quantitative estimate of drug-likeness (QED) is 0.753. The Kier molecular flexibility index (Phi) is 5.92. The lowest BCUT2D eigenvalue weighted by Crippen LogP contribution is -2.12. The molecule has 1 heterocycles. The molecule has 78 valence electrons. The van der Waals surface area contributed by atoms with E-state index in [1.807, 2.05) is 18.2 Å². The maximum absolute atomic E-state index is 5.91. The van der Waals surface area contributed by atoms with E-state index >= 15 is 0 Å². The molecule has 0 aliphatic rings. The van der Waals surface area contributed by atoms with Gasteiger partial charge in [-0.25, -0.2) is 4.98 Å². The third-order valence-corrected chi connectivity index (χ3v) is 1.95. The van der Waals surface area contributed by atoms with Crippen molar-refractivity contribution in [3.63, 3.8) is 0 Å². The first-order valence-corrected chi connectivity index (χ1v) is 4.32. The van der Waals surface area contributed by atoms with Crippen LogP contribution in [0.2, 0.25) is 0 Å². The van der Waals surface area contributed by atoms with E-state index in [0.717, 1.165) is 18.4 Å². The first-order chi connectivity index (χ1) is 6.25. The van der Waals surface area contributed by atoms with Crippen molar-refractivity contribution in [1.82, 2.24) is 4.98 Å². The highest BCUT2D eigenvalue weighted by Crippen LogP contribution is 2.19. The van der Waals surface area contributed by atoms with Crippen molar-refractivity contribution < 1.29 is 0 Å². The third kappa shape index (κ3) is 3.36.